The van der Waals surface area contributed by atoms with Crippen LogP contribution in [0.5, 0.6) is 0 Å². The van der Waals surface area contributed by atoms with Gasteiger partial charge >= 0.3 is 0 Å². The molecule has 0 unspecified atom stereocenters. The molecule has 90 valence electrons. The second-order valence-electron chi connectivity index (χ2n) is 3.60. The summed E-state index contributed by atoms with van der Waals surface area (Å²) in [5, 5.41) is 9.54. The average molecular weight is 225 g/mol. The zero-order valence-corrected chi connectivity index (χ0v) is 9.72. The fraction of sp³-hybridized carbons (Fsp3) is 0.500. The largest absolute Gasteiger partial charge is 0.387 e. The van der Waals surface area contributed by atoms with Crippen LogP contribution in [-0.2, 0) is 9.47 Å². The van der Waals surface area contributed by atoms with Crippen molar-refractivity contribution < 1.29 is 14.6 Å². The van der Waals surface area contributed by atoms with Gasteiger partial charge in [0.05, 0.1) is 12.7 Å². The fourth-order valence-electron chi connectivity index (χ4n) is 1.52. The molecule has 0 bridgehead atoms. The highest BCUT2D eigenvalue weighted by molar-refractivity contribution is 5.26. The first-order valence-corrected chi connectivity index (χ1v) is 5.22. The van der Waals surface area contributed by atoms with Gasteiger partial charge in [-0.3, -0.25) is 0 Å². The topological polar surface area (TPSA) is 64.7 Å². The van der Waals surface area contributed by atoms with Crippen molar-refractivity contribution in [2.24, 2.45) is 5.73 Å². The number of hydrogen-bond acceptors (Lipinski definition) is 4. The van der Waals surface area contributed by atoms with E-state index in [4.69, 9.17) is 15.2 Å². The number of aliphatic hydroxyl groups is 1. The van der Waals surface area contributed by atoms with Gasteiger partial charge in [0.2, 0.25) is 0 Å². The highest BCUT2D eigenvalue weighted by Crippen LogP contribution is 2.19. The molecule has 0 heterocycles. The summed E-state index contributed by atoms with van der Waals surface area (Å²) in [7, 11) is 3.28. The van der Waals surface area contributed by atoms with Gasteiger partial charge in [0, 0.05) is 20.8 Å². The molecule has 0 saturated carbocycles. The summed E-state index contributed by atoms with van der Waals surface area (Å²) >= 11 is 0. The van der Waals surface area contributed by atoms with Crippen molar-refractivity contribution >= 4 is 0 Å². The van der Waals surface area contributed by atoms with Crippen LogP contribution in [0, 0.1) is 0 Å². The van der Waals surface area contributed by atoms with E-state index < -0.39 is 6.10 Å². The number of rotatable bonds is 6. The molecule has 1 aromatic rings. The Morgan fingerprint density at radius 3 is 2.19 bits per heavy atom. The Balaban J connectivity index is 2.76. The maximum atomic E-state index is 9.54. The minimum absolute atomic E-state index is 0.0749. The first kappa shape index (κ1) is 13.1. The molecule has 0 fully saturated rings. The third-order valence-corrected chi connectivity index (χ3v) is 2.52. The van der Waals surface area contributed by atoms with E-state index >= 15 is 0 Å². The molecule has 0 aliphatic heterocycles. The molecular weight excluding hydrogens is 206 g/mol. The molecule has 0 aromatic heterocycles. The van der Waals surface area contributed by atoms with E-state index in [2.05, 4.69) is 0 Å². The van der Waals surface area contributed by atoms with Gasteiger partial charge in [0.1, 0.15) is 6.10 Å². The number of ether oxygens (including phenoxy) is 2. The van der Waals surface area contributed by atoms with E-state index in [0.29, 0.717) is 6.61 Å². The van der Waals surface area contributed by atoms with Crippen molar-refractivity contribution in [3.05, 3.63) is 35.4 Å². The van der Waals surface area contributed by atoms with Crippen LogP contribution in [0.15, 0.2) is 24.3 Å². The van der Waals surface area contributed by atoms with Gasteiger partial charge in [-0.05, 0) is 11.1 Å². The van der Waals surface area contributed by atoms with Gasteiger partial charge < -0.3 is 20.3 Å². The lowest BCUT2D eigenvalue weighted by Crippen LogP contribution is -2.12. The van der Waals surface area contributed by atoms with Crippen LogP contribution >= 0.6 is 0 Å². The summed E-state index contributed by atoms with van der Waals surface area (Å²) in [5.41, 5.74) is 7.22. The van der Waals surface area contributed by atoms with Crippen molar-refractivity contribution in [2.45, 2.75) is 12.2 Å². The lowest BCUT2D eigenvalue weighted by Gasteiger charge is -2.16. The first-order chi connectivity index (χ1) is 7.72. The van der Waals surface area contributed by atoms with Crippen molar-refractivity contribution in [1.29, 1.82) is 0 Å². The third kappa shape index (κ3) is 3.28. The van der Waals surface area contributed by atoms with Crippen LogP contribution in [0.4, 0.5) is 0 Å². The van der Waals surface area contributed by atoms with E-state index in [1.54, 1.807) is 14.2 Å². The smallest absolute Gasteiger partial charge is 0.105 e. The fourth-order valence-corrected chi connectivity index (χ4v) is 1.52. The standard InChI is InChI=1S/C12H19NO3/c1-15-8-12(16-2)10-5-3-9(4-6-10)11(14)7-13/h3-6,11-12,14H,7-8,13H2,1-2H3/t11-,12-/m1/s1. The Bertz CT molecular complexity index is 300. The highest BCUT2D eigenvalue weighted by Gasteiger charge is 2.11. The van der Waals surface area contributed by atoms with Crippen LogP contribution in [0.25, 0.3) is 0 Å². The minimum atomic E-state index is -0.600. The second-order valence-corrected chi connectivity index (χ2v) is 3.60. The number of hydrogen-bond donors (Lipinski definition) is 2. The Morgan fingerprint density at radius 2 is 1.75 bits per heavy atom. The van der Waals surface area contributed by atoms with E-state index in [9.17, 15) is 5.11 Å². The summed E-state index contributed by atoms with van der Waals surface area (Å²) in [6.07, 6.45) is -0.675. The SMILES string of the molecule is COC[C@@H](OC)c1ccc([C@H](O)CN)cc1. The number of nitrogens with two attached hydrogens (primary N) is 1. The lowest BCUT2D eigenvalue weighted by molar-refractivity contribution is 0.0274. The molecule has 2 atom stereocenters. The van der Waals surface area contributed by atoms with Crippen molar-refractivity contribution in [3.63, 3.8) is 0 Å². The molecule has 3 N–H and O–H groups in total. The molecule has 4 nitrogen and oxygen atoms in total. The van der Waals surface area contributed by atoms with Gasteiger partial charge in [0.25, 0.3) is 0 Å². The molecule has 1 aromatic carbocycles. The van der Waals surface area contributed by atoms with Crippen molar-refractivity contribution in [1.82, 2.24) is 0 Å². The Labute approximate surface area is 96.0 Å². The summed E-state index contributed by atoms with van der Waals surface area (Å²) in [6.45, 7) is 0.737. The number of methoxy groups -OCH3 is 2. The normalized spacial score (nSPS) is 14.8. The van der Waals surface area contributed by atoms with Crippen molar-refractivity contribution in [3.8, 4) is 0 Å². The molecular formula is C12H19NO3. The predicted molar refractivity (Wildman–Crippen MR) is 62.1 cm³/mol. The molecule has 0 aliphatic rings. The van der Waals surface area contributed by atoms with Crippen LogP contribution < -0.4 is 5.73 Å². The third-order valence-electron chi connectivity index (χ3n) is 2.52. The van der Waals surface area contributed by atoms with Crippen LogP contribution in [0.2, 0.25) is 0 Å². The van der Waals surface area contributed by atoms with Gasteiger partial charge in [0.15, 0.2) is 0 Å². The van der Waals surface area contributed by atoms with E-state index in [0.717, 1.165) is 11.1 Å². The van der Waals surface area contributed by atoms with Crippen molar-refractivity contribution in [2.75, 3.05) is 27.4 Å². The predicted octanol–water partition coefficient (Wildman–Crippen LogP) is 1.01. The second kappa shape index (κ2) is 6.60. The number of benzene rings is 1. The summed E-state index contributed by atoms with van der Waals surface area (Å²) in [6, 6.07) is 7.55. The van der Waals surface area contributed by atoms with Crippen LogP contribution in [0.3, 0.4) is 0 Å². The Kier molecular flexibility index (Phi) is 5.42. The summed E-state index contributed by atoms with van der Waals surface area (Å²) in [4.78, 5) is 0. The monoisotopic (exact) mass is 225 g/mol. The maximum Gasteiger partial charge on any atom is 0.105 e. The summed E-state index contributed by atoms with van der Waals surface area (Å²) in [5.74, 6) is 0. The molecule has 0 amide bonds. The molecule has 16 heavy (non-hydrogen) atoms. The maximum absolute atomic E-state index is 9.54. The van der Waals surface area contributed by atoms with E-state index in [1.807, 2.05) is 24.3 Å². The zero-order valence-electron chi connectivity index (χ0n) is 9.72. The first-order valence-electron chi connectivity index (χ1n) is 5.22. The van der Waals surface area contributed by atoms with Crippen LogP contribution in [0.1, 0.15) is 23.3 Å². The molecule has 0 aliphatic carbocycles. The lowest BCUT2D eigenvalue weighted by atomic mass is 10.0. The Hall–Kier alpha value is -0.940. The summed E-state index contributed by atoms with van der Waals surface area (Å²) < 4.78 is 10.3. The van der Waals surface area contributed by atoms with Crippen LogP contribution in [-0.4, -0.2) is 32.5 Å². The van der Waals surface area contributed by atoms with Gasteiger partial charge in [-0.25, -0.2) is 0 Å². The quantitative estimate of drug-likeness (QED) is 0.758. The van der Waals surface area contributed by atoms with E-state index in [-0.39, 0.29) is 12.6 Å². The van der Waals surface area contributed by atoms with E-state index in [1.165, 1.54) is 0 Å². The average Bonchev–Trinajstić information content (AvgIpc) is 2.35. The zero-order chi connectivity index (χ0) is 12.0. The molecule has 0 saturated heterocycles. The minimum Gasteiger partial charge on any atom is -0.387 e. The molecule has 0 spiro atoms. The van der Waals surface area contributed by atoms with Gasteiger partial charge in [-0.2, -0.15) is 0 Å². The van der Waals surface area contributed by atoms with Gasteiger partial charge in [-0.15, -0.1) is 0 Å². The molecule has 4 heteroatoms. The Morgan fingerprint density at radius 1 is 1.19 bits per heavy atom. The van der Waals surface area contributed by atoms with Gasteiger partial charge in [-0.1, -0.05) is 24.3 Å². The number of aliphatic hydroxyl groups excluding tert-OH is 1. The molecule has 1 rings (SSSR count). The highest BCUT2D eigenvalue weighted by atomic mass is 16.5. The molecule has 0 radical (unpaired) electrons.